The number of hydrogen-bond donors (Lipinski definition) is 0. The van der Waals surface area contributed by atoms with Crippen molar-refractivity contribution in [1.29, 1.82) is 0 Å². The lowest BCUT2D eigenvalue weighted by atomic mass is 9.84. The molecule has 0 aliphatic rings. The number of likely N-dealkylation sites (N-methyl/N-ethyl adjacent to an activating group) is 1. The molecule has 0 aromatic heterocycles. The SMILES string of the molecule is Cc1ccc(C(C)(C)CN(C)C)cc1. The van der Waals surface area contributed by atoms with Crippen molar-refractivity contribution in [3.63, 3.8) is 0 Å². The van der Waals surface area contributed by atoms with Gasteiger partial charge in [-0.05, 0) is 26.6 Å². The van der Waals surface area contributed by atoms with Crippen molar-refractivity contribution in [2.75, 3.05) is 20.6 Å². The summed E-state index contributed by atoms with van der Waals surface area (Å²) in [7, 11) is 4.24. The molecule has 0 saturated carbocycles. The van der Waals surface area contributed by atoms with E-state index in [1.54, 1.807) is 0 Å². The Kier molecular flexibility index (Phi) is 3.33. The quantitative estimate of drug-likeness (QED) is 0.710. The molecule has 1 heteroatoms. The summed E-state index contributed by atoms with van der Waals surface area (Å²) in [5.74, 6) is 0. The van der Waals surface area contributed by atoms with Crippen LogP contribution in [0.5, 0.6) is 0 Å². The van der Waals surface area contributed by atoms with Crippen molar-refractivity contribution in [3.8, 4) is 0 Å². The molecule has 0 amide bonds. The average molecular weight is 191 g/mol. The molecule has 0 bridgehead atoms. The van der Waals surface area contributed by atoms with Crippen molar-refractivity contribution >= 4 is 0 Å². The molecular weight excluding hydrogens is 170 g/mol. The summed E-state index contributed by atoms with van der Waals surface area (Å²) in [6.07, 6.45) is 0. The molecule has 0 heterocycles. The Morgan fingerprint density at radius 2 is 1.57 bits per heavy atom. The van der Waals surface area contributed by atoms with Gasteiger partial charge in [-0.2, -0.15) is 0 Å². The molecule has 14 heavy (non-hydrogen) atoms. The van der Waals surface area contributed by atoms with E-state index in [0.29, 0.717) is 0 Å². The van der Waals surface area contributed by atoms with Crippen LogP contribution in [0.1, 0.15) is 25.0 Å². The zero-order chi connectivity index (χ0) is 10.8. The van der Waals surface area contributed by atoms with Gasteiger partial charge in [0.05, 0.1) is 0 Å². The first-order chi connectivity index (χ1) is 6.42. The summed E-state index contributed by atoms with van der Waals surface area (Å²) in [5.41, 5.74) is 2.98. The largest absolute Gasteiger partial charge is 0.309 e. The second-order valence-electron chi connectivity index (χ2n) is 4.99. The van der Waals surface area contributed by atoms with Crippen LogP contribution in [0.2, 0.25) is 0 Å². The molecule has 0 fully saturated rings. The summed E-state index contributed by atoms with van der Waals surface area (Å²) < 4.78 is 0. The maximum Gasteiger partial charge on any atom is 0.00672 e. The minimum Gasteiger partial charge on any atom is -0.309 e. The molecule has 1 nitrogen and oxygen atoms in total. The standard InChI is InChI=1S/C13H21N/c1-11-6-8-12(9-7-11)13(2,3)10-14(4)5/h6-9H,10H2,1-5H3. The topological polar surface area (TPSA) is 3.24 Å². The van der Waals surface area contributed by atoms with Crippen LogP contribution in [0.4, 0.5) is 0 Å². The van der Waals surface area contributed by atoms with Gasteiger partial charge >= 0.3 is 0 Å². The summed E-state index contributed by atoms with van der Waals surface area (Å²) in [5, 5.41) is 0. The van der Waals surface area contributed by atoms with E-state index < -0.39 is 0 Å². The smallest absolute Gasteiger partial charge is 0.00672 e. The Morgan fingerprint density at radius 1 is 1.07 bits per heavy atom. The third kappa shape index (κ3) is 2.85. The van der Waals surface area contributed by atoms with E-state index in [2.05, 4.69) is 64.0 Å². The van der Waals surface area contributed by atoms with Crippen molar-refractivity contribution in [1.82, 2.24) is 4.90 Å². The van der Waals surface area contributed by atoms with Crippen LogP contribution in [-0.2, 0) is 5.41 Å². The molecule has 0 aliphatic carbocycles. The highest BCUT2D eigenvalue weighted by atomic mass is 15.1. The van der Waals surface area contributed by atoms with Crippen LogP contribution in [0.15, 0.2) is 24.3 Å². The van der Waals surface area contributed by atoms with E-state index in [4.69, 9.17) is 0 Å². The molecule has 0 radical (unpaired) electrons. The zero-order valence-corrected chi connectivity index (χ0v) is 9.96. The fourth-order valence-electron chi connectivity index (χ4n) is 1.89. The van der Waals surface area contributed by atoms with Crippen LogP contribution in [-0.4, -0.2) is 25.5 Å². The van der Waals surface area contributed by atoms with Crippen molar-refractivity contribution < 1.29 is 0 Å². The van der Waals surface area contributed by atoms with Gasteiger partial charge in [-0.3, -0.25) is 0 Å². The summed E-state index contributed by atoms with van der Waals surface area (Å²) in [4.78, 5) is 2.24. The first-order valence-corrected chi connectivity index (χ1v) is 5.14. The second-order valence-corrected chi connectivity index (χ2v) is 4.99. The minimum atomic E-state index is 0.233. The molecule has 0 saturated heterocycles. The minimum absolute atomic E-state index is 0.233. The van der Waals surface area contributed by atoms with Crippen molar-refractivity contribution in [2.24, 2.45) is 0 Å². The van der Waals surface area contributed by atoms with Gasteiger partial charge in [0, 0.05) is 12.0 Å². The second kappa shape index (κ2) is 4.14. The average Bonchev–Trinajstić information content (AvgIpc) is 2.02. The lowest BCUT2D eigenvalue weighted by molar-refractivity contribution is 0.315. The molecule has 0 unspecified atom stereocenters. The van der Waals surface area contributed by atoms with E-state index in [1.165, 1.54) is 11.1 Å². The van der Waals surface area contributed by atoms with Gasteiger partial charge in [0.15, 0.2) is 0 Å². The van der Waals surface area contributed by atoms with Gasteiger partial charge in [0.1, 0.15) is 0 Å². The Labute approximate surface area is 87.7 Å². The van der Waals surface area contributed by atoms with E-state index in [0.717, 1.165) is 6.54 Å². The Morgan fingerprint density at radius 3 is 2.00 bits per heavy atom. The molecule has 0 aliphatic heterocycles. The number of rotatable bonds is 3. The lowest BCUT2D eigenvalue weighted by Gasteiger charge is -2.28. The van der Waals surface area contributed by atoms with E-state index in [1.807, 2.05) is 0 Å². The Balaban J connectivity index is 2.86. The van der Waals surface area contributed by atoms with Gasteiger partial charge in [-0.15, -0.1) is 0 Å². The van der Waals surface area contributed by atoms with E-state index in [-0.39, 0.29) is 5.41 Å². The van der Waals surface area contributed by atoms with Crippen molar-refractivity contribution in [2.45, 2.75) is 26.2 Å². The van der Waals surface area contributed by atoms with Gasteiger partial charge in [0.2, 0.25) is 0 Å². The maximum atomic E-state index is 2.29. The van der Waals surface area contributed by atoms with Gasteiger partial charge in [0.25, 0.3) is 0 Å². The molecular formula is C13H21N. The molecule has 78 valence electrons. The Bertz CT molecular complexity index is 283. The summed E-state index contributed by atoms with van der Waals surface area (Å²) in [6, 6.07) is 8.84. The fraction of sp³-hybridized carbons (Fsp3) is 0.538. The highest BCUT2D eigenvalue weighted by Crippen LogP contribution is 2.23. The van der Waals surface area contributed by atoms with Crippen LogP contribution >= 0.6 is 0 Å². The molecule has 1 aromatic carbocycles. The maximum absolute atomic E-state index is 2.29. The zero-order valence-electron chi connectivity index (χ0n) is 9.96. The molecule has 0 atom stereocenters. The number of aryl methyl sites for hydroxylation is 1. The molecule has 0 spiro atoms. The van der Waals surface area contributed by atoms with Crippen LogP contribution < -0.4 is 0 Å². The lowest BCUT2D eigenvalue weighted by Crippen LogP contribution is -2.32. The van der Waals surface area contributed by atoms with E-state index >= 15 is 0 Å². The first kappa shape index (κ1) is 11.3. The predicted molar refractivity (Wildman–Crippen MR) is 62.8 cm³/mol. The highest BCUT2D eigenvalue weighted by Gasteiger charge is 2.20. The number of benzene rings is 1. The molecule has 1 rings (SSSR count). The number of hydrogen-bond acceptors (Lipinski definition) is 1. The number of nitrogens with zero attached hydrogens (tertiary/aromatic N) is 1. The third-order valence-corrected chi connectivity index (χ3v) is 2.54. The van der Waals surface area contributed by atoms with Crippen LogP contribution in [0.3, 0.4) is 0 Å². The van der Waals surface area contributed by atoms with Gasteiger partial charge < -0.3 is 4.90 Å². The summed E-state index contributed by atoms with van der Waals surface area (Å²) >= 11 is 0. The monoisotopic (exact) mass is 191 g/mol. The normalized spacial score (nSPS) is 12.1. The van der Waals surface area contributed by atoms with Gasteiger partial charge in [-0.1, -0.05) is 43.7 Å². The molecule has 0 N–H and O–H groups in total. The first-order valence-electron chi connectivity index (χ1n) is 5.14. The highest BCUT2D eigenvalue weighted by molar-refractivity contribution is 5.27. The summed E-state index contributed by atoms with van der Waals surface area (Å²) in [6.45, 7) is 7.79. The Hall–Kier alpha value is -0.820. The molecule has 1 aromatic rings. The van der Waals surface area contributed by atoms with Crippen molar-refractivity contribution in [3.05, 3.63) is 35.4 Å². The van der Waals surface area contributed by atoms with Crippen LogP contribution in [0, 0.1) is 6.92 Å². The fourth-order valence-corrected chi connectivity index (χ4v) is 1.89. The third-order valence-electron chi connectivity index (χ3n) is 2.54. The predicted octanol–water partition coefficient (Wildman–Crippen LogP) is 2.83. The van der Waals surface area contributed by atoms with Gasteiger partial charge in [-0.25, -0.2) is 0 Å². The van der Waals surface area contributed by atoms with Crippen LogP contribution in [0.25, 0.3) is 0 Å². The van der Waals surface area contributed by atoms with E-state index in [9.17, 15) is 0 Å².